The summed E-state index contributed by atoms with van der Waals surface area (Å²) in [7, 11) is 0. The number of nitrogens with one attached hydrogen (secondary N) is 2. The lowest BCUT2D eigenvalue weighted by atomic mass is 9.81. The Bertz CT molecular complexity index is 1940. The third-order valence-electron chi connectivity index (χ3n) is 8.36. The van der Waals surface area contributed by atoms with Crippen molar-refractivity contribution in [1.29, 1.82) is 0 Å². The zero-order valence-electron chi connectivity index (χ0n) is 26.0. The molecule has 2 aliphatic rings. The number of aromatic nitrogens is 3. The average Bonchev–Trinajstić information content (AvgIpc) is 3.81. The van der Waals surface area contributed by atoms with Crippen LogP contribution in [0.15, 0.2) is 48.5 Å². The van der Waals surface area contributed by atoms with Crippen LogP contribution in [0.1, 0.15) is 47.1 Å². The van der Waals surface area contributed by atoms with E-state index in [4.69, 9.17) is 9.47 Å². The molecule has 0 radical (unpaired) electrons. The van der Waals surface area contributed by atoms with E-state index in [1.807, 2.05) is 0 Å². The second kappa shape index (κ2) is 12.5. The van der Waals surface area contributed by atoms with Gasteiger partial charge in [0.05, 0.1) is 30.6 Å². The van der Waals surface area contributed by atoms with Gasteiger partial charge in [0.2, 0.25) is 11.5 Å². The summed E-state index contributed by atoms with van der Waals surface area (Å²) in [6, 6.07) is 9.62. The van der Waals surface area contributed by atoms with E-state index < -0.39 is 66.6 Å². The number of halogens is 6. The molecule has 2 aromatic heterocycles. The standard InChI is InChI=1S/C33H29F6N5O5/c1-16-9-18-10-19(11-23(26(18)44-43-16)49-21-7-8-21)29(45)41-14-32(47,33(37,38)39)24-12-22-28(27(42-24)17-3-5-20(34)6-4-17)48-15-31(22,2)30(46)40-13-25(35)36/h3-6,9-12,21,25,47H,7-8,13-15H2,1-2H3,(H,40,46)(H,41,45). The first-order valence-electron chi connectivity index (χ1n) is 15.1. The van der Waals surface area contributed by atoms with Gasteiger partial charge >= 0.3 is 6.18 Å². The Morgan fingerprint density at radius 3 is 2.45 bits per heavy atom. The first-order chi connectivity index (χ1) is 23.1. The lowest BCUT2D eigenvalue weighted by Crippen LogP contribution is -2.52. The van der Waals surface area contributed by atoms with Gasteiger partial charge in [-0.05, 0) is 75.2 Å². The third-order valence-corrected chi connectivity index (χ3v) is 8.36. The molecule has 4 aromatic rings. The van der Waals surface area contributed by atoms with Crippen molar-refractivity contribution in [2.75, 3.05) is 19.7 Å². The van der Waals surface area contributed by atoms with Crippen molar-refractivity contribution >= 4 is 22.7 Å². The summed E-state index contributed by atoms with van der Waals surface area (Å²) in [6.45, 7) is 0.0314. The second-order valence-corrected chi connectivity index (χ2v) is 12.2. The largest absolute Gasteiger partial charge is 0.489 e. The predicted molar refractivity (Wildman–Crippen MR) is 162 cm³/mol. The third kappa shape index (κ3) is 6.56. The molecule has 16 heteroatoms. The minimum Gasteiger partial charge on any atom is -0.489 e. The minimum absolute atomic E-state index is 0.0723. The molecule has 2 atom stereocenters. The molecule has 1 fully saturated rings. The van der Waals surface area contributed by atoms with Gasteiger partial charge in [-0.3, -0.25) is 9.59 Å². The lowest BCUT2D eigenvalue weighted by molar-refractivity contribution is -0.265. The Labute approximate surface area is 274 Å². The smallest absolute Gasteiger partial charge is 0.424 e. The summed E-state index contributed by atoms with van der Waals surface area (Å²) in [5.74, 6) is -2.56. The Kier molecular flexibility index (Phi) is 8.63. The van der Waals surface area contributed by atoms with E-state index in [-0.39, 0.29) is 40.0 Å². The number of aryl methyl sites for hydroxylation is 1. The predicted octanol–water partition coefficient (Wildman–Crippen LogP) is 4.89. The number of carbonyl (C=O) groups excluding carboxylic acids is 2. The van der Waals surface area contributed by atoms with Gasteiger partial charge in [0, 0.05) is 22.1 Å². The van der Waals surface area contributed by atoms with Gasteiger partial charge in [0.1, 0.15) is 40.5 Å². The highest BCUT2D eigenvalue weighted by Crippen LogP contribution is 2.48. The van der Waals surface area contributed by atoms with Crippen LogP contribution in [0.3, 0.4) is 0 Å². The van der Waals surface area contributed by atoms with Crippen LogP contribution < -0.4 is 20.1 Å². The molecule has 1 aliphatic carbocycles. The van der Waals surface area contributed by atoms with Crippen LogP contribution >= 0.6 is 0 Å². The molecule has 6 rings (SSSR count). The molecule has 49 heavy (non-hydrogen) atoms. The fraction of sp³-hybridized carbons (Fsp3) is 0.364. The molecular formula is C33H29F6N5O5. The van der Waals surface area contributed by atoms with Crippen LogP contribution in [0.4, 0.5) is 26.3 Å². The van der Waals surface area contributed by atoms with Crippen LogP contribution in [-0.2, 0) is 15.8 Å². The molecule has 258 valence electrons. The summed E-state index contributed by atoms with van der Waals surface area (Å²) in [4.78, 5) is 30.6. The fourth-order valence-corrected chi connectivity index (χ4v) is 5.41. The van der Waals surface area contributed by atoms with E-state index in [0.29, 0.717) is 16.6 Å². The van der Waals surface area contributed by atoms with E-state index in [1.54, 1.807) is 13.0 Å². The molecule has 2 amide bonds. The van der Waals surface area contributed by atoms with Crippen LogP contribution in [0.2, 0.25) is 0 Å². The Hall–Kier alpha value is -4.99. The highest BCUT2D eigenvalue weighted by Gasteiger charge is 2.58. The normalized spacial score (nSPS) is 18.5. The van der Waals surface area contributed by atoms with Gasteiger partial charge in [0.15, 0.2) is 0 Å². The SMILES string of the molecule is Cc1cc2cc(C(=O)NCC(O)(c3cc4c(c(-c5ccc(F)cc5)n3)OCC4(C)C(=O)NCC(F)F)C(F)(F)F)cc(OC3CC3)c2nn1. The van der Waals surface area contributed by atoms with Crippen LogP contribution in [0.5, 0.6) is 11.5 Å². The Morgan fingerprint density at radius 1 is 1.08 bits per heavy atom. The number of benzene rings is 2. The number of hydrogen-bond acceptors (Lipinski definition) is 8. The maximum absolute atomic E-state index is 14.9. The number of fused-ring (bicyclic) bond motifs is 2. The first-order valence-corrected chi connectivity index (χ1v) is 15.1. The number of carbonyl (C=O) groups is 2. The van der Waals surface area contributed by atoms with Gasteiger partial charge in [0.25, 0.3) is 12.3 Å². The summed E-state index contributed by atoms with van der Waals surface area (Å²) in [5, 5.41) is 24.2. The number of ether oxygens (including phenoxy) is 2. The number of alkyl halides is 5. The minimum atomic E-state index is -5.45. The number of pyridine rings is 1. The first kappa shape index (κ1) is 33.9. The van der Waals surface area contributed by atoms with Crippen molar-refractivity contribution in [1.82, 2.24) is 25.8 Å². The van der Waals surface area contributed by atoms with E-state index in [9.17, 15) is 41.0 Å². The number of aliphatic hydroxyl groups is 1. The van der Waals surface area contributed by atoms with Crippen molar-refractivity contribution < 1.29 is 50.5 Å². The quantitative estimate of drug-likeness (QED) is 0.201. The maximum Gasteiger partial charge on any atom is 0.424 e. The Balaban J connectivity index is 1.40. The fourth-order valence-electron chi connectivity index (χ4n) is 5.41. The van der Waals surface area contributed by atoms with E-state index >= 15 is 0 Å². The van der Waals surface area contributed by atoms with E-state index in [1.165, 1.54) is 31.2 Å². The van der Waals surface area contributed by atoms with Crippen molar-refractivity contribution in [2.24, 2.45) is 0 Å². The molecule has 2 aromatic carbocycles. The van der Waals surface area contributed by atoms with Crippen molar-refractivity contribution in [3.63, 3.8) is 0 Å². The molecule has 3 heterocycles. The molecule has 0 saturated heterocycles. The monoisotopic (exact) mass is 689 g/mol. The van der Waals surface area contributed by atoms with Gasteiger partial charge in [-0.15, -0.1) is 5.10 Å². The van der Waals surface area contributed by atoms with Gasteiger partial charge in [-0.2, -0.15) is 18.3 Å². The number of nitrogens with zero attached hydrogens (tertiary/aromatic N) is 3. The van der Waals surface area contributed by atoms with Crippen LogP contribution in [0, 0.1) is 12.7 Å². The van der Waals surface area contributed by atoms with Crippen molar-refractivity contribution in [3.05, 3.63) is 76.9 Å². The molecule has 0 bridgehead atoms. The van der Waals surface area contributed by atoms with Crippen LogP contribution in [0.25, 0.3) is 22.2 Å². The van der Waals surface area contributed by atoms with Gasteiger partial charge < -0.3 is 25.2 Å². The molecule has 3 N–H and O–H groups in total. The van der Waals surface area contributed by atoms with Gasteiger partial charge in [-0.1, -0.05) is 0 Å². The molecule has 10 nitrogen and oxygen atoms in total. The average molecular weight is 690 g/mol. The van der Waals surface area contributed by atoms with Crippen LogP contribution in [-0.4, -0.2) is 70.5 Å². The highest BCUT2D eigenvalue weighted by molar-refractivity contribution is 6.00. The number of amides is 2. The number of rotatable bonds is 10. The summed E-state index contributed by atoms with van der Waals surface area (Å²) in [5.41, 5.74) is -6.26. The molecular weight excluding hydrogens is 660 g/mol. The lowest BCUT2D eigenvalue weighted by Gasteiger charge is -2.31. The van der Waals surface area contributed by atoms with E-state index in [2.05, 4.69) is 25.8 Å². The molecule has 1 saturated carbocycles. The summed E-state index contributed by atoms with van der Waals surface area (Å²) in [6.07, 6.45) is -6.91. The molecule has 0 spiro atoms. The second-order valence-electron chi connectivity index (χ2n) is 12.2. The summed E-state index contributed by atoms with van der Waals surface area (Å²) >= 11 is 0. The molecule has 1 aliphatic heterocycles. The zero-order chi connectivity index (χ0) is 35.3. The maximum atomic E-state index is 14.9. The Morgan fingerprint density at radius 2 is 1.80 bits per heavy atom. The number of hydrogen-bond donors (Lipinski definition) is 3. The van der Waals surface area contributed by atoms with Crippen molar-refractivity contribution in [3.8, 4) is 22.8 Å². The van der Waals surface area contributed by atoms with Gasteiger partial charge in [-0.25, -0.2) is 18.2 Å². The zero-order valence-corrected chi connectivity index (χ0v) is 26.0. The van der Waals surface area contributed by atoms with E-state index in [0.717, 1.165) is 31.0 Å². The summed E-state index contributed by atoms with van der Waals surface area (Å²) < 4.78 is 95.9. The highest BCUT2D eigenvalue weighted by atomic mass is 19.4. The molecule has 2 unspecified atom stereocenters. The van der Waals surface area contributed by atoms with Crippen molar-refractivity contribution in [2.45, 2.75) is 56.4 Å². The topological polar surface area (TPSA) is 136 Å².